The lowest BCUT2D eigenvalue weighted by Gasteiger charge is -2.41. The molecule has 2 atom stereocenters. The molecule has 128 valence electrons. The quantitative estimate of drug-likeness (QED) is 0.812. The SMILES string of the molecule is C[C@]1(COCCO)CCCN(C[C@H]2COc3ccccc3O2)C1. The third kappa shape index (κ3) is 4.37. The van der Waals surface area contributed by atoms with Crippen molar-refractivity contribution in [3.63, 3.8) is 0 Å². The van der Waals surface area contributed by atoms with Crippen molar-refractivity contribution in [3.05, 3.63) is 24.3 Å². The number of fused-ring (bicyclic) bond motifs is 1. The van der Waals surface area contributed by atoms with E-state index in [0.717, 1.165) is 31.1 Å². The first-order chi connectivity index (χ1) is 11.2. The largest absolute Gasteiger partial charge is 0.486 e. The van der Waals surface area contributed by atoms with Gasteiger partial charge in [-0.1, -0.05) is 19.1 Å². The maximum atomic E-state index is 8.86. The van der Waals surface area contributed by atoms with Gasteiger partial charge in [-0.3, -0.25) is 4.90 Å². The highest BCUT2D eigenvalue weighted by molar-refractivity contribution is 5.40. The van der Waals surface area contributed by atoms with Crippen LogP contribution in [0.4, 0.5) is 0 Å². The van der Waals surface area contributed by atoms with Crippen LogP contribution in [-0.4, -0.2) is 62.2 Å². The van der Waals surface area contributed by atoms with Crippen molar-refractivity contribution in [2.75, 3.05) is 46.1 Å². The van der Waals surface area contributed by atoms with Crippen molar-refractivity contribution in [1.82, 2.24) is 4.90 Å². The molecule has 0 unspecified atom stereocenters. The third-order valence-electron chi connectivity index (χ3n) is 4.58. The molecule has 2 aliphatic rings. The number of aliphatic hydroxyl groups is 1. The summed E-state index contributed by atoms with van der Waals surface area (Å²) >= 11 is 0. The van der Waals surface area contributed by atoms with Crippen molar-refractivity contribution >= 4 is 0 Å². The van der Waals surface area contributed by atoms with E-state index in [1.165, 1.54) is 12.8 Å². The highest BCUT2D eigenvalue weighted by Gasteiger charge is 2.33. The lowest BCUT2D eigenvalue weighted by atomic mass is 9.82. The summed E-state index contributed by atoms with van der Waals surface area (Å²) in [6, 6.07) is 7.85. The summed E-state index contributed by atoms with van der Waals surface area (Å²) in [6.45, 7) is 7.06. The standard InChI is InChI=1S/C18H27NO4/c1-18(14-21-10-9-20)7-4-8-19(13-18)11-15-12-22-16-5-2-3-6-17(16)23-15/h2-3,5-6,15,20H,4,7-14H2,1H3/t15-,18-/m0/s1. The zero-order valence-electron chi connectivity index (χ0n) is 13.9. The first kappa shape index (κ1) is 16.6. The molecule has 0 amide bonds. The number of piperidine rings is 1. The molecule has 0 aromatic heterocycles. The van der Waals surface area contributed by atoms with Gasteiger partial charge in [0.05, 0.1) is 19.8 Å². The Bertz CT molecular complexity index is 510. The van der Waals surface area contributed by atoms with E-state index < -0.39 is 0 Å². The molecule has 1 saturated heterocycles. The maximum absolute atomic E-state index is 8.86. The smallest absolute Gasteiger partial charge is 0.161 e. The summed E-state index contributed by atoms with van der Waals surface area (Å²) in [5.41, 5.74) is 0.154. The third-order valence-corrected chi connectivity index (χ3v) is 4.58. The maximum Gasteiger partial charge on any atom is 0.161 e. The van der Waals surface area contributed by atoms with Crippen LogP contribution in [0.3, 0.4) is 0 Å². The number of hydrogen-bond donors (Lipinski definition) is 1. The van der Waals surface area contributed by atoms with Crippen molar-refractivity contribution in [1.29, 1.82) is 0 Å². The summed E-state index contributed by atoms with van der Waals surface area (Å²) in [7, 11) is 0. The fraction of sp³-hybridized carbons (Fsp3) is 0.667. The van der Waals surface area contributed by atoms with Crippen molar-refractivity contribution < 1.29 is 19.3 Å². The Hall–Kier alpha value is -1.30. The van der Waals surface area contributed by atoms with Gasteiger partial charge >= 0.3 is 0 Å². The van der Waals surface area contributed by atoms with Crippen LogP contribution in [0, 0.1) is 5.41 Å². The van der Waals surface area contributed by atoms with Crippen LogP contribution < -0.4 is 9.47 Å². The number of ether oxygens (including phenoxy) is 3. The molecule has 5 nitrogen and oxygen atoms in total. The fourth-order valence-corrected chi connectivity index (χ4v) is 3.53. The van der Waals surface area contributed by atoms with Gasteiger partial charge in [-0.05, 0) is 31.5 Å². The molecule has 1 aromatic rings. The van der Waals surface area contributed by atoms with E-state index in [4.69, 9.17) is 19.3 Å². The normalized spacial score (nSPS) is 27.8. The number of nitrogens with zero attached hydrogens (tertiary/aromatic N) is 1. The van der Waals surface area contributed by atoms with Crippen LogP contribution >= 0.6 is 0 Å². The van der Waals surface area contributed by atoms with E-state index >= 15 is 0 Å². The highest BCUT2D eigenvalue weighted by atomic mass is 16.6. The molecule has 3 rings (SSSR count). The highest BCUT2D eigenvalue weighted by Crippen LogP contribution is 2.33. The molecular weight excluding hydrogens is 294 g/mol. The van der Waals surface area contributed by atoms with Crippen LogP contribution in [-0.2, 0) is 4.74 Å². The van der Waals surface area contributed by atoms with E-state index in [2.05, 4.69) is 11.8 Å². The van der Waals surface area contributed by atoms with Gasteiger partial charge in [0.25, 0.3) is 0 Å². The van der Waals surface area contributed by atoms with Crippen LogP contribution in [0.25, 0.3) is 0 Å². The van der Waals surface area contributed by atoms with Gasteiger partial charge in [-0.15, -0.1) is 0 Å². The molecule has 0 saturated carbocycles. The summed E-state index contributed by atoms with van der Waals surface area (Å²) < 4.78 is 17.5. The zero-order chi connectivity index (χ0) is 16.1. The minimum absolute atomic E-state index is 0.0746. The first-order valence-electron chi connectivity index (χ1n) is 8.48. The second kappa shape index (κ2) is 7.51. The minimum atomic E-state index is 0.0746. The van der Waals surface area contributed by atoms with Gasteiger partial charge in [0.15, 0.2) is 11.5 Å². The van der Waals surface area contributed by atoms with Crippen LogP contribution in [0.2, 0.25) is 0 Å². The van der Waals surface area contributed by atoms with Crippen molar-refractivity contribution in [2.24, 2.45) is 5.41 Å². The summed E-state index contributed by atoms with van der Waals surface area (Å²) in [6.07, 6.45) is 2.41. The van der Waals surface area contributed by atoms with Gasteiger partial charge in [0, 0.05) is 18.5 Å². The fourth-order valence-electron chi connectivity index (χ4n) is 3.53. The number of benzene rings is 1. The number of aliphatic hydroxyl groups excluding tert-OH is 1. The van der Waals surface area contributed by atoms with Crippen LogP contribution in [0.1, 0.15) is 19.8 Å². The number of rotatable bonds is 6. The molecule has 0 spiro atoms. The first-order valence-corrected chi connectivity index (χ1v) is 8.48. The Labute approximate surface area is 138 Å². The molecule has 1 N–H and O–H groups in total. The minimum Gasteiger partial charge on any atom is -0.486 e. The van der Waals surface area contributed by atoms with Gasteiger partial charge in [0.2, 0.25) is 0 Å². The number of hydrogen-bond acceptors (Lipinski definition) is 5. The molecule has 0 aliphatic carbocycles. The van der Waals surface area contributed by atoms with E-state index in [-0.39, 0.29) is 18.1 Å². The summed E-state index contributed by atoms with van der Waals surface area (Å²) in [4.78, 5) is 2.45. The Morgan fingerprint density at radius 2 is 2.17 bits per heavy atom. The predicted octanol–water partition coefficient (Wildman–Crippen LogP) is 1.94. The molecule has 23 heavy (non-hydrogen) atoms. The van der Waals surface area contributed by atoms with Gasteiger partial charge < -0.3 is 19.3 Å². The topological polar surface area (TPSA) is 51.2 Å². The lowest BCUT2D eigenvalue weighted by Crippen LogP contribution is -2.49. The van der Waals surface area contributed by atoms with Crippen LogP contribution in [0.15, 0.2) is 24.3 Å². The van der Waals surface area contributed by atoms with Gasteiger partial charge in [-0.25, -0.2) is 0 Å². The molecule has 2 heterocycles. The molecule has 1 fully saturated rings. The molecular formula is C18H27NO4. The van der Waals surface area contributed by atoms with Crippen molar-refractivity contribution in [2.45, 2.75) is 25.9 Å². The molecule has 1 aromatic carbocycles. The Kier molecular flexibility index (Phi) is 5.41. The Balaban J connectivity index is 1.52. The van der Waals surface area contributed by atoms with E-state index in [0.29, 0.717) is 19.8 Å². The lowest BCUT2D eigenvalue weighted by molar-refractivity contribution is -0.0214. The van der Waals surface area contributed by atoms with Crippen molar-refractivity contribution in [3.8, 4) is 11.5 Å². The molecule has 2 aliphatic heterocycles. The van der Waals surface area contributed by atoms with E-state index in [1.54, 1.807) is 0 Å². The number of likely N-dealkylation sites (tertiary alicyclic amines) is 1. The second-order valence-corrected chi connectivity index (χ2v) is 6.92. The van der Waals surface area contributed by atoms with Gasteiger partial charge in [-0.2, -0.15) is 0 Å². The van der Waals surface area contributed by atoms with Crippen LogP contribution in [0.5, 0.6) is 11.5 Å². The van der Waals surface area contributed by atoms with E-state index in [1.807, 2.05) is 24.3 Å². The summed E-state index contributed by atoms with van der Waals surface area (Å²) in [5, 5.41) is 8.86. The van der Waals surface area contributed by atoms with Gasteiger partial charge in [0.1, 0.15) is 12.7 Å². The molecule has 0 bridgehead atoms. The zero-order valence-corrected chi connectivity index (χ0v) is 13.9. The monoisotopic (exact) mass is 321 g/mol. The number of para-hydroxylation sites is 2. The average molecular weight is 321 g/mol. The van der Waals surface area contributed by atoms with E-state index in [9.17, 15) is 0 Å². The molecule has 0 radical (unpaired) electrons. The molecule has 5 heteroatoms. The predicted molar refractivity (Wildman–Crippen MR) is 88.0 cm³/mol. The summed E-state index contributed by atoms with van der Waals surface area (Å²) in [5.74, 6) is 1.68. The Morgan fingerprint density at radius 3 is 3.00 bits per heavy atom. The Morgan fingerprint density at radius 1 is 1.35 bits per heavy atom. The average Bonchev–Trinajstić information content (AvgIpc) is 2.55. The second-order valence-electron chi connectivity index (χ2n) is 6.92.